The fraction of sp³-hybridized carbons (Fsp3) is 0.355. The Hall–Kier alpha value is -3.43. The summed E-state index contributed by atoms with van der Waals surface area (Å²) >= 11 is 6.08. The molecule has 3 rings (SSSR count). The number of hydrogen-bond donors (Lipinski definition) is 1. The van der Waals surface area contributed by atoms with Crippen LogP contribution in [0.2, 0.25) is 5.02 Å². The SMILES string of the molecule is CCCCNC(=O)[C@H](Cc1ccccc1)N(Cc1ccc(Cl)cc1)C(=O)CCCN(c1ccc(F)cc1)S(C)(=O)=O. The van der Waals surface area contributed by atoms with Crippen molar-refractivity contribution in [2.24, 2.45) is 0 Å². The lowest BCUT2D eigenvalue weighted by atomic mass is 10.0. The number of halogens is 2. The van der Waals surface area contributed by atoms with Crippen molar-refractivity contribution in [2.75, 3.05) is 23.7 Å². The number of nitrogens with one attached hydrogen (secondary N) is 1. The van der Waals surface area contributed by atoms with Crippen molar-refractivity contribution in [1.29, 1.82) is 0 Å². The van der Waals surface area contributed by atoms with E-state index in [1.807, 2.05) is 49.4 Å². The largest absolute Gasteiger partial charge is 0.354 e. The molecule has 0 bridgehead atoms. The molecule has 0 unspecified atom stereocenters. The molecule has 0 heterocycles. The van der Waals surface area contributed by atoms with E-state index < -0.39 is 21.9 Å². The molecular weight excluding hydrogens is 565 g/mol. The van der Waals surface area contributed by atoms with E-state index in [2.05, 4.69) is 5.32 Å². The fourth-order valence-corrected chi connectivity index (χ4v) is 5.55. The molecule has 0 aliphatic rings. The van der Waals surface area contributed by atoms with Gasteiger partial charge >= 0.3 is 0 Å². The Balaban J connectivity index is 1.86. The molecule has 3 aromatic carbocycles. The van der Waals surface area contributed by atoms with E-state index in [0.29, 0.717) is 23.7 Å². The topological polar surface area (TPSA) is 86.8 Å². The first-order valence-corrected chi connectivity index (χ1v) is 15.9. The van der Waals surface area contributed by atoms with Gasteiger partial charge in [-0.25, -0.2) is 12.8 Å². The van der Waals surface area contributed by atoms with Gasteiger partial charge in [-0.3, -0.25) is 13.9 Å². The minimum Gasteiger partial charge on any atom is -0.354 e. The average Bonchev–Trinajstić information content (AvgIpc) is 2.94. The van der Waals surface area contributed by atoms with E-state index in [1.54, 1.807) is 17.0 Å². The molecule has 0 fully saturated rings. The lowest BCUT2D eigenvalue weighted by molar-refractivity contribution is -0.141. The van der Waals surface area contributed by atoms with Crippen molar-refractivity contribution < 1.29 is 22.4 Å². The van der Waals surface area contributed by atoms with E-state index in [-0.39, 0.29) is 37.7 Å². The molecule has 220 valence electrons. The van der Waals surface area contributed by atoms with Crippen LogP contribution in [-0.2, 0) is 32.6 Å². The number of rotatable bonds is 15. The molecule has 2 amide bonds. The lowest BCUT2D eigenvalue weighted by Gasteiger charge is -2.32. The third kappa shape index (κ3) is 10.2. The smallest absolute Gasteiger partial charge is 0.243 e. The van der Waals surface area contributed by atoms with Crippen molar-refractivity contribution in [3.8, 4) is 0 Å². The highest BCUT2D eigenvalue weighted by atomic mass is 35.5. The van der Waals surface area contributed by atoms with Crippen molar-refractivity contribution >= 4 is 39.1 Å². The summed E-state index contributed by atoms with van der Waals surface area (Å²) < 4.78 is 39.6. The summed E-state index contributed by atoms with van der Waals surface area (Å²) in [6.07, 6.45) is 3.34. The Bertz CT molecular complexity index is 1370. The number of hydrogen-bond acceptors (Lipinski definition) is 4. The van der Waals surface area contributed by atoms with Crippen LogP contribution in [0.5, 0.6) is 0 Å². The van der Waals surface area contributed by atoms with Crippen LogP contribution in [0.3, 0.4) is 0 Å². The second-order valence-corrected chi connectivity index (χ2v) is 12.3. The van der Waals surface area contributed by atoms with Crippen molar-refractivity contribution in [3.05, 3.63) is 101 Å². The second-order valence-electron chi connectivity index (χ2n) is 9.91. The zero-order valence-corrected chi connectivity index (χ0v) is 25.0. The Kier molecular flexibility index (Phi) is 12.2. The van der Waals surface area contributed by atoms with Gasteiger partial charge in [0.1, 0.15) is 11.9 Å². The standard InChI is InChI=1S/C31H37ClFN3O4S/c1-3-4-20-34-31(38)29(22-24-9-6-5-7-10-24)35(23-25-12-14-26(32)15-13-25)30(37)11-8-21-36(41(2,39)40)28-18-16-27(33)17-19-28/h5-7,9-10,12-19,29H,3-4,8,11,20-23H2,1-2H3,(H,34,38)/t29-/m0/s1. The van der Waals surface area contributed by atoms with Crippen LogP contribution in [0.4, 0.5) is 10.1 Å². The quantitative estimate of drug-likeness (QED) is 0.230. The molecule has 7 nitrogen and oxygen atoms in total. The van der Waals surface area contributed by atoms with Gasteiger partial charge in [-0.1, -0.05) is 67.4 Å². The van der Waals surface area contributed by atoms with E-state index in [0.717, 1.165) is 34.5 Å². The number of unbranched alkanes of at least 4 members (excludes halogenated alkanes) is 1. The van der Waals surface area contributed by atoms with Crippen molar-refractivity contribution in [1.82, 2.24) is 10.2 Å². The molecule has 1 atom stereocenters. The monoisotopic (exact) mass is 601 g/mol. The van der Waals surface area contributed by atoms with Crippen LogP contribution < -0.4 is 9.62 Å². The Morgan fingerprint density at radius 1 is 0.927 bits per heavy atom. The maximum atomic E-state index is 13.8. The summed E-state index contributed by atoms with van der Waals surface area (Å²) in [6, 6.07) is 21.0. The zero-order valence-electron chi connectivity index (χ0n) is 23.4. The highest BCUT2D eigenvalue weighted by molar-refractivity contribution is 7.92. The van der Waals surface area contributed by atoms with Crippen molar-refractivity contribution in [2.45, 2.75) is 51.6 Å². The average molecular weight is 602 g/mol. The highest BCUT2D eigenvalue weighted by Crippen LogP contribution is 2.21. The minimum absolute atomic E-state index is 0.00827. The molecule has 10 heteroatoms. The molecule has 0 aliphatic carbocycles. The van der Waals surface area contributed by atoms with Crippen LogP contribution in [0.1, 0.15) is 43.7 Å². The summed E-state index contributed by atoms with van der Waals surface area (Å²) in [5, 5.41) is 3.54. The number of amides is 2. The van der Waals surface area contributed by atoms with E-state index >= 15 is 0 Å². The van der Waals surface area contributed by atoms with Crippen molar-refractivity contribution in [3.63, 3.8) is 0 Å². The van der Waals surface area contributed by atoms with E-state index in [1.165, 1.54) is 24.3 Å². The number of benzene rings is 3. The van der Waals surface area contributed by atoms with Crippen LogP contribution in [0.25, 0.3) is 0 Å². The third-order valence-corrected chi connectivity index (χ3v) is 8.08. The number of carbonyl (C=O) groups is 2. The Morgan fingerprint density at radius 3 is 2.20 bits per heavy atom. The predicted octanol–water partition coefficient (Wildman–Crippen LogP) is 5.58. The molecule has 0 spiro atoms. The first-order valence-electron chi connectivity index (χ1n) is 13.7. The molecule has 3 aromatic rings. The van der Waals surface area contributed by atoms with Gasteiger partial charge in [-0.05, 0) is 60.4 Å². The molecular formula is C31H37ClFN3O4S. The van der Waals surface area contributed by atoms with Gasteiger partial charge in [0.2, 0.25) is 21.8 Å². The molecule has 1 N–H and O–H groups in total. The summed E-state index contributed by atoms with van der Waals surface area (Å²) in [6.45, 7) is 2.75. The maximum absolute atomic E-state index is 13.8. The number of nitrogens with zero attached hydrogens (tertiary/aromatic N) is 2. The van der Waals surface area contributed by atoms with Gasteiger partial charge in [0.25, 0.3) is 0 Å². The zero-order chi connectivity index (χ0) is 29.8. The molecule has 0 saturated carbocycles. The van der Waals surface area contributed by atoms with Gasteiger partial charge in [-0.2, -0.15) is 0 Å². The number of sulfonamides is 1. The van der Waals surface area contributed by atoms with E-state index in [9.17, 15) is 22.4 Å². The predicted molar refractivity (Wildman–Crippen MR) is 162 cm³/mol. The minimum atomic E-state index is -3.68. The van der Waals surface area contributed by atoms with Gasteiger partial charge < -0.3 is 10.2 Å². The van der Waals surface area contributed by atoms with Crippen LogP contribution in [0.15, 0.2) is 78.9 Å². The van der Waals surface area contributed by atoms with Gasteiger partial charge in [-0.15, -0.1) is 0 Å². The van der Waals surface area contributed by atoms with Crippen LogP contribution in [-0.4, -0.2) is 50.5 Å². The number of carbonyl (C=O) groups excluding carboxylic acids is 2. The summed E-state index contributed by atoms with van der Waals surface area (Å²) in [4.78, 5) is 28.9. The molecule has 0 radical (unpaired) electrons. The van der Waals surface area contributed by atoms with Gasteiger partial charge in [0.15, 0.2) is 0 Å². The maximum Gasteiger partial charge on any atom is 0.243 e. The van der Waals surface area contributed by atoms with E-state index in [4.69, 9.17) is 11.6 Å². The Labute approximate surface area is 247 Å². The summed E-state index contributed by atoms with van der Waals surface area (Å²) in [7, 11) is -3.68. The third-order valence-electron chi connectivity index (χ3n) is 6.63. The lowest BCUT2D eigenvalue weighted by Crippen LogP contribution is -2.50. The molecule has 0 aromatic heterocycles. The second kappa shape index (κ2) is 15.5. The normalized spacial score (nSPS) is 12.0. The van der Waals surface area contributed by atoms with Gasteiger partial charge in [0.05, 0.1) is 11.9 Å². The summed E-state index contributed by atoms with van der Waals surface area (Å²) in [5.74, 6) is -0.996. The van der Waals surface area contributed by atoms with Crippen LogP contribution in [0, 0.1) is 5.82 Å². The molecule has 0 aliphatic heterocycles. The van der Waals surface area contributed by atoms with Crippen LogP contribution >= 0.6 is 11.6 Å². The summed E-state index contributed by atoms with van der Waals surface area (Å²) in [5.41, 5.74) is 2.04. The van der Waals surface area contributed by atoms with Gasteiger partial charge in [0, 0.05) is 37.5 Å². The Morgan fingerprint density at radius 2 is 1.59 bits per heavy atom. The molecule has 0 saturated heterocycles. The highest BCUT2D eigenvalue weighted by Gasteiger charge is 2.30. The molecule has 41 heavy (non-hydrogen) atoms. The fourth-order valence-electron chi connectivity index (χ4n) is 4.46. The first kappa shape index (κ1) is 32.1. The number of anilines is 1. The first-order chi connectivity index (χ1) is 19.6.